The minimum Gasteiger partial charge on any atom is -0.542 e. The number of hydrogen-bond donors (Lipinski definition) is 2. The molecule has 3 aromatic rings. The highest BCUT2D eigenvalue weighted by molar-refractivity contribution is 7.24. The largest absolute Gasteiger partial charge is 0.542 e. The van der Waals surface area contributed by atoms with Gasteiger partial charge in [-0.05, 0) is 12.1 Å². The van der Waals surface area contributed by atoms with Crippen LogP contribution < -0.4 is 25.5 Å². The third-order valence-electron chi connectivity index (χ3n) is 5.67. The summed E-state index contributed by atoms with van der Waals surface area (Å²) in [5.74, 6) is -3.01. The number of nitrogens with one attached hydrogen (secondary N) is 2. The van der Waals surface area contributed by atoms with Crippen molar-refractivity contribution in [2.75, 3.05) is 62.2 Å². The van der Waals surface area contributed by atoms with Gasteiger partial charge < -0.3 is 30.3 Å². The Balaban J connectivity index is 0.000000364. The second kappa shape index (κ2) is 10.8. The maximum atomic E-state index is 10.5. The minimum atomic E-state index is -5.19. The number of alkyl halides is 3. The van der Waals surface area contributed by atoms with Crippen LogP contribution in [-0.2, 0) is 4.79 Å². The van der Waals surface area contributed by atoms with Crippen molar-refractivity contribution >= 4 is 72.3 Å². The highest BCUT2D eigenvalue weighted by atomic mass is 35.5. The Morgan fingerprint density at radius 1 is 0.857 bits per heavy atom. The molecule has 2 aliphatic rings. The quantitative estimate of drug-likeness (QED) is 0.376. The molecule has 188 valence electrons. The number of aromatic nitrogens is 1. The summed E-state index contributed by atoms with van der Waals surface area (Å²) >= 11 is 15.0. The lowest BCUT2D eigenvalue weighted by Crippen LogP contribution is -2.43. The van der Waals surface area contributed by atoms with Crippen LogP contribution in [0.2, 0.25) is 10.0 Å². The van der Waals surface area contributed by atoms with Gasteiger partial charge in [-0.2, -0.15) is 13.2 Å². The Morgan fingerprint density at radius 2 is 1.23 bits per heavy atom. The molecule has 0 unspecified atom stereocenters. The molecule has 3 heterocycles. The molecule has 2 aliphatic heterocycles. The first kappa shape index (κ1) is 25.9. The number of carboxylic acid groups (broad SMARTS) is 1. The van der Waals surface area contributed by atoms with Crippen molar-refractivity contribution in [3.63, 3.8) is 0 Å². The third kappa shape index (κ3) is 6.15. The Bertz CT molecular complexity index is 1160. The molecule has 0 bridgehead atoms. The van der Waals surface area contributed by atoms with Crippen molar-refractivity contribution in [3.8, 4) is 0 Å². The van der Waals surface area contributed by atoms with Crippen molar-refractivity contribution < 1.29 is 23.1 Å². The molecule has 2 aromatic carbocycles. The van der Waals surface area contributed by atoms with Gasteiger partial charge in [0.25, 0.3) is 9.40 Å². The van der Waals surface area contributed by atoms with E-state index < -0.39 is 12.1 Å². The SMILES string of the molecule is Clc1cc(N2CCNCC2)cc2[s+]c3cc(N4CCNCC4)cc(Cl)c3nc12.O=C([O-])C(F)(F)F. The van der Waals surface area contributed by atoms with E-state index in [1.807, 2.05) is 12.1 Å². The Kier molecular flexibility index (Phi) is 8.02. The van der Waals surface area contributed by atoms with Crippen molar-refractivity contribution in [3.05, 3.63) is 34.3 Å². The lowest BCUT2D eigenvalue weighted by molar-refractivity contribution is -0.344. The van der Waals surface area contributed by atoms with Crippen molar-refractivity contribution in [2.24, 2.45) is 0 Å². The van der Waals surface area contributed by atoms with Crippen molar-refractivity contribution in [1.29, 1.82) is 0 Å². The number of carboxylic acids is 1. The fourth-order valence-corrected chi connectivity index (χ4v) is 5.66. The molecule has 0 radical (unpaired) electrons. The second-order valence-corrected chi connectivity index (χ2v) is 9.92. The number of halogens is 5. The molecule has 2 fully saturated rings. The molecule has 35 heavy (non-hydrogen) atoms. The number of carbonyl (C=O) groups excluding carboxylic acids is 1. The Labute approximate surface area is 213 Å². The molecular weight excluding hydrogens is 526 g/mol. The summed E-state index contributed by atoms with van der Waals surface area (Å²) in [6.45, 7) is 7.97. The number of carbonyl (C=O) groups is 1. The number of nitrogens with zero attached hydrogens (tertiary/aromatic N) is 3. The zero-order chi connectivity index (χ0) is 25.2. The van der Waals surface area contributed by atoms with Crippen LogP contribution >= 0.6 is 34.5 Å². The maximum Gasteiger partial charge on any atom is 0.430 e. The summed E-state index contributed by atoms with van der Waals surface area (Å²) in [5, 5.41) is 16.9. The predicted molar refractivity (Wildman–Crippen MR) is 133 cm³/mol. The summed E-state index contributed by atoms with van der Waals surface area (Å²) < 4.78 is 33.7. The summed E-state index contributed by atoms with van der Waals surface area (Å²) in [6.07, 6.45) is -5.19. The third-order valence-corrected chi connectivity index (χ3v) is 7.30. The number of hydrogen-bond acceptors (Lipinski definition) is 7. The molecular formula is C22H22Cl2F3N5O2S. The van der Waals surface area contributed by atoms with Crippen LogP contribution in [0.15, 0.2) is 24.3 Å². The summed E-state index contributed by atoms with van der Waals surface area (Å²) in [5.41, 5.74) is 3.99. The zero-order valence-electron chi connectivity index (χ0n) is 18.4. The Hall–Kier alpha value is -2.18. The number of anilines is 2. The van der Waals surface area contributed by atoms with Gasteiger partial charge in [0.2, 0.25) is 11.3 Å². The molecule has 2 N–H and O–H groups in total. The number of aliphatic carboxylic acids is 1. The van der Waals surface area contributed by atoms with Gasteiger partial charge in [-0.15, -0.1) is 0 Å². The molecule has 5 rings (SSSR count). The lowest BCUT2D eigenvalue weighted by Gasteiger charge is -2.29. The molecule has 0 saturated carbocycles. The normalized spacial score (nSPS) is 16.8. The van der Waals surface area contributed by atoms with Gasteiger partial charge in [-0.25, -0.2) is 4.98 Å². The average molecular weight is 548 g/mol. The van der Waals surface area contributed by atoms with Crippen molar-refractivity contribution in [2.45, 2.75) is 6.18 Å². The molecule has 0 atom stereocenters. The van der Waals surface area contributed by atoms with Crippen LogP contribution in [-0.4, -0.2) is 69.5 Å². The molecule has 0 spiro atoms. The summed E-state index contributed by atoms with van der Waals surface area (Å²) in [4.78, 5) is 18.4. The zero-order valence-corrected chi connectivity index (χ0v) is 20.8. The van der Waals surface area contributed by atoms with Crippen LogP contribution in [0.1, 0.15) is 0 Å². The Morgan fingerprint density at radius 3 is 1.57 bits per heavy atom. The fourth-order valence-electron chi connectivity index (χ4n) is 3.93. The average Bonchev–Trinajstić information content (AvgIpc) is 2.84. The van der Waals surface area contributed by atoms with Gasteiger partial charge >= 0.3 is 6.18 Å². The highest BCUT2D eigenvalue weighted by Crippen LogP contribution is 2.38. The van der Waals surface area contributed by atoms with Gasteiger partial charge in [0.15, 0.2) is 0 Å². The van der Waals surface area contributed by atoms with Crippen LogP contribution in [0.5, 0.6) is 0 Å². The predicted octanol–water partition coefficient (Wildman–Crippen LogP) is 3.16. The van der Waals surface area contributed by atoms with E-state index in [-0.39, 0.29) is 0 Å². The molecule has 0 amide bonds. The van der Waals surface area contributed by atoms with Crippen LogP contribution in [0.4, 0.5) is 24.5 Å². The lowest BCUT2D eigenvalue weighted by atomic mass is 10.2. The molecule has 1 aromatic heterocycles. The van der Waals surface area contributed by atoms with E-state index in [0.717, 1.165) is 72.8 Å². The molecule has 0 aliphatic carbocycles. The monoisotopic (exact) mass is 547 g/mol. The first-order chi connectivity index (χ1) is 16.6. The highest BCUT2D eigenvalue weighted by Gasteiger charge is 2.29. The van der Waals surface area contributed by atoms with E-state index in [1.165, 1.54) is 11.4 Å². The fraction of sp³-hybridized carbons (Fsp3) is 0.409. The van der Waals surface area contributed by atoms with Crippen LogP contribution in [0.3, 0.4) is 0 Å². The number of piperazine rings is 2. The smallest absolute Gasteiger partial charge is 0.430 e. The topological polar surface area (TPSA) is 83.6 Å². The van der Waals surface area contributed by atoms with Gasteiger partial charge in [0.05, 0.1) is 10.0 Å². The summed E-state index contributed by atoms with van der Waals surface area (Å²) in [6, 6.07) is 8.50. The van der Waals surface area contributed by atoms with Crippen LogP contribution in [0, 0.1) is 0 Å². The molecule has 2 saturated heterocycles. The van der Waals surface area contributed by atoms with Gasteiger partial charge in [0.1, 0.15) is 17.0 Å². The van der Waals surface area contributed by atoms with Crippen LogP contribution in [0.25, 0.3) is 20.4 Å². The maximum absolute atomic E-state index is 10.5. The number of benzene rings is 2. The molecule has 13 heteroatoms. The second-order valence-electron chi connectivity index (χ2n) is 8.02. The van der Waals surface area contributed by atoms with E-state index in [1.54, 1.807) is 11.3 Å². The van der Waals surface area contributed by atoms with Gasteiger partial charge in [-0.1, -0.05) is 23.2 Å². The van der Waals surface area contributed by atoms with E-state index in [9.17, 15) is 13.2 Å². The van der Waals surface area contributed by atoms with E-state index >= 15 is 0 Å². The first-order valence-electron chi connectivity index (χ1n) is 10.9. The van der Waals surface area contributed by atoms with Crippen molar-refractivity contribution in [1.82, 2.24) is 15.6 Å². The standard InChI is InChI=1S/C20H22Cl2N5S.C2HF3O2/c21-15-9-13(26-5-1-23-2-6-26)11-17-19(15)25-20-16(22)10-14(12-18(20)28-17)27-7-3-24-4-8-27;3-2(4,5)1(6)7/h9-12,23-24H,1-8H2;(H,6,7)/q+1;/p-1. The van der Waals surface area contributed by atoms with Gasteiger partial charge in [0, 0.05) is 75.9 Å². The minimum absolute atomic E-state index is 0.687. The first-order valence-corrected chi connectivity index (χ1v) is 12.5. The van der Waals surface area contributed by atoms with Gasteiger partial charge in [-0.3, -0.25) is 0 Å². The van der Waals surface area contributed by atoms with E-state index in [2.05, 4.69) is 32.6 Å². The summed E-state index contributed by atoms with van der Waals surface area (Å²) in [7, 11) is 0. The number of fused-ring (bicyclic) bond motifs is 2. The van der Waals surface area contributed by atoms with E-state index in [4.69, 9.17) is 38.1 Å². The molecule has 7 nitrogen and oxygen atoms in total. The number of rotatable bonds is 2. The van der Waals surface area contributed by atoms with E-state index in [0.29, 0.717) is 10.0 Å².